The van der Waals surface area contributed by atoms with Crippen LogP contribution in [0.3, 0.4) is 0 Å². The first-order valence-corrected chi connectivity index (χ1v) is 10.1. The predicted octanol–water partition coefficient (Wildman–Crippen LogP) is 3.58. The van der Waals surface area contributed by atoms with Crippen LogP contribution in [0.1, 0.15) is 54.2 Å². The molecule has 2 amide bonds. The van der Waals surface area contributed by atoms with Crippen LogP contribution in [-0.2, 0) is 6.18 Å². The van der Waals surface area contributed by atoms with E-state index in [1.54, 1.807) is 0 Å². The van der Waals surface area contributed by atoms with E-state index >= 15 is 0 Å². The van der Waals surface area contributed by atoms with Gasteiger partial charge >= 0.3 is 12.1 Å². The Kier molecular flexibility index (Phi) is 7.07. The Balaban J connectivity index is 1.72. The fourth-order valence-electron chi connectivity index (χ4n) is 2.50. The number of nitrogens with zero attached hydrogens (tertiary/aromatic N) is 4. The molecule has 0 fully saturated rings. The molecular weight excluding hydrogens is 508 g/mol. The van der Waals surface area contributed by atoms with Crippen LogP contribution < -0.4 is 10.6 Å². The number of aromatic nitrogens is 4. The molecule has 0 aliphatic carbocycles. The summed E-state index contributed by atoms with van der Waals surface area (Å²) in [5.74, 6) is -5.38. The van der Waals surface area contributed by atoms with Crippen LogP contribution >= 0.6 is 22.9 Å². The third kappa shape index (κ3) is 5.43. The van der Waals surface area contributed by atoms with Crippen molar-refractivity contribution in [3.63, 3.8) is 0 Å². The molecule has 34 heavy (non-hydrogen) atoms. The maximum absolute atomic E-state index is 14.2. The van der Waals surface area contributed by atoms with Gasteiger partial charge in [-0.3, -0.25) is 9.59 Å². The van der Waals surface area contributed by atoms with Gasteiger partial charge in [0, 0.05) is 6.20 Å². The van der Waals surface area contributed by atoms with Crippen molar-refractivity contribution < 1.29 is 37.1 Å². The molecule has 3 aromatic rings. The van der Waals surface area contributed by atoms with Gasteiger partial charge < -0.3 is 15.7 Å². The molecule has 0 radical (unpaired) electrons. The third-order valence-electron chi connectivity index (χ3n) is 4.07. The Labute approximate surface area is 196 Å². The number of anilines is 1. The minimum atomic E-state index is -4.75. The molecule has 0 aromatic carbocycles. The van der Waals surface area contributed by atoms with E-state index in [4.69, 9.17) is 16.7 Å². The number of amides is 2. The second-order valence-corrected chi connectivity index (χ2v) is 7.92. The van der Waals surface area contributed by atoms with Crippen molar-refractivity contribution in [2.24, 2.45) is 0 Å². The van der Waals surface area contributed by atoms with Crippen LogP contribution in [0.4, 0.5) is 23.4 Å². The molecule has 1 unspecified atom stereocenters. The van der Waals surface area contributed by atoms with E-state index in [1.165, 1.54) is 6.92 Å². The second-order valence-electron chi connectivity index (χ2n) is 6.45. The van der Waals surface area contributed by atoms with Crippen LogP contribution in [0.25, 0.3) is 0 Å². The number of carboxylic acids is 1. The minimum Gasteiger partial charge on any atom is -0.476 e. The summed E-state index contributed by atoms with van der Waals surface area (Å²) in [6.07, 6.45) is -2.17. The summed E-state index contributed by atoms with van der Waals surface area (Å²) in [6, 6.07) is -0.292. The number of rotatable bonds is 6. The molecule has 3 N–H and O–H groups in total. The van der Waals surface area contributed by atoms with Crippen LogP contribution in [-0.4, -0.2) is 42.8 Å². The number of hydrogen-bond acceptors (Lipinski definition) is 8. The molecule has 0 saturated carbocycles. The number of aromatic carboxylic acids is 1. The lowest BCUT2D eigenvalue weighted by atomic mass is 10.2. The normalized spacial score (nSPS) is 12.2. The van der Waals surface area contributed by atoms with Crippen molar-refractivity contribution in [1.29, 1.82) is 0 Å². The van der Waals surface area contributed by atoms with Crippen molar-refractivity contribution in [2.45, 2.75) is 19.1 Å². The molecule has 0 spiro atoms. The van der Waals surface area contributed by atoms with Gasteiger partial charge in [0.05, 0.1) is 22.8 Å². The zero-order valence-corrected chi connectivity index (χ0v) is 18.2. The van der Waals surface area contributed by atoms with E-state index in [-0.39, 0.29) is 9.88 Å². The summed E-state index contributed by atoms with van der Waals surface area (Å²) in [7, 11) is 0. The molecule has 178 valence electrons. The van der Waals surface area contributed by atoms with E-state index in [2.05, 4.69) is 30.6 Å². The van der Waals surface area contributed by atoms with E-state index < -0.39 is 63.6 Å². The molecule has 0 aliphatic rings. The van der Waals surface area contributed by atoms with Crippen molar-refractivity contribution >= 4 is 46.5 Å². The van der Waals surface area contributed by atoms with Crippen LogP contribution in [0.2, 0.25) is 5.02 Å². The van der Waals surface area contributed by atoms with Gasteiger partial charge in [0.25, 0.3) is 11.8 Å². The molecule has 3 heterocycles. The van der Waals surface area contributed by atoms with Crippen LogP contribution in [0.5, 0.6) is 0 Å². The average Bonchev–Trinajstić information content (AvgIpc) is 3.25. The van der Waals surface area contributed by atoms with Crippen molar-refractivity contribution in [1.82, 2.24) is 25.3 Å². The fourth-order valence-corrected chi connectivity index (χ4v) is 3.53. The first-order chi connectivity index (χ1) is 15.9. The Hall–Kier alpha value is -3.72. The quantitative estimate of drug-likeness (QED) is 0.419. The molecule has 0 saturated heterocycles. The highest BCUT2D eigenvalue weighted by molar-refractivity contribution is 7.13. The first kappa shape index (κ1) is 24.9. The topological polar surface area (TPSA) is 147 Å². The lowest BCUT2D eigenvalue weighted by Crippen LogP contribution is -2.29. The highest BCUT2D eigenvalue weighted by Crippen LogP contribution is 2.35. The molecule has 0 aliphatic heterocycles. The van der Waals surface area contributed by atoms with Gasteiger partial charge in [-0.05, 0) is 13.0 Å². The predicted molar refractivity (Wildman–Crippen MR) is 109 cm³/mol. The lowest BCUT2D eigenvalue weighted by molar-refractivity contribution is -0.137. The largest absolute Gasteiger partial charge is 0.476 e. The van der Waals surface area contributed by atoms with Crippen molar-refractivity contribution in [3.8, 4) is 0 Å². The summed E-state index contributed by atoms with van der Waals surface area (Å²) in [6.45, 7) is 1.45. The van der Waals surface area contributed by atoms with Gasteiger partial charge in [0.15, 0.2) is 17.2 Å². The molecule has 10 nitrogen and oxygen atoms in total. The van der Waals surface area contributed by atoms with E-state index in [9.17, 15) is 31.9 Å². The van der Waals surface area contributed by atoms with Gasteiger partial charge in [0.2, 0.25) is 0 Å². The number of carboxylic acid groups (broad SMARTS) is 1. The SMILES string of the molecule is CC(NC(=O)c1ncnc(C(=O)O)c1F)c1ncc(C(=O)Nc2cc(C(F)(F)F)c(Cl)cn2)s1. The number of hydrogen-bond donors (Lipinski definition) is 3. The van der Waals surface area contributed by atoms with E-state index in [1.807, 2.05) is 0 Å². The van der Waals surface area contributed by atoms with E-state index in [0.29, 0.717) is 12.4 Å². The fraction of sp³-hybridized carbons (Fsp3) is 0.167. The number of nitrogens with one attached hydrogen (secondary N) is 2. The maximum atomic E-state index is 14.2. The highest BCUT2D eigenvalue weighted by Gasteiger charge is 2.34. The number of pyridine rings is 1. The monoisotopic (exact) mass is 518 g/mol. The van der Waals surface area contributed by atoms with Crippen molar-refractivity contribution in [3.05, 3.63) is 62.5 Å². The maximum Gasteiger partial charge on any atom is 0.418 e. The molecule has 0 bridgehead atoms. The highest BCUT2D eigenvalue weighted by atomic mass is 35.5. The van der Waals surface area contributed by atoms with Gasteiger partial charge in [-0.1, -0.05) is 11.6 Å². The molecule has 3 aromatic heterocycles. The minimum absolute atomic E-state index is 0.0252. The van der Waals surface area contributed by atoms with Crippen LogP contribution in [0, 0.1) is 5.82 Å². The number of thiazole rings is 1. The Bertz CT molecular complexity index is 1290. The number of halogens is 5. The zero-order valence-electron chi connectivity index (χ0n) is 16.6. The first-order valence-electron chi connectivity index (χ1n) is 8.93. The van der Waals surface area contributed by atoms with E-state index in [0.717, 1.165) is 23.7 Å². The lowest BCUT2D eigenvalue weighted by Gasteiger charge is -2.11. The van der Waals surface area contributed by atoms with Gasteiger partial charge in [-0.25, -0.2) is 29.1 Å². The third-order valence-corrected chi connectivity index (χ3v) is 5.55. The summed E-state index contributed by atoms with van der Waals surface area (Å²) in [5.41, 5.74) is -2.96. The molecule has 3 rings (SSSR count). The molecule has 16 heteroatoms. The van der Waals surface area contributed by atoms with Gasteiger partial charge in [-0.2, -0.15) is 13.2 Å². The second kappa shape index (κ2) is 9.64. The van der Waals surface area contributed by atoms with Crippen LogP contribution in [0.15, 0.2) is 24.8 Å². The standard InChI is InChI=1S/C18H11ClF4N6O4S/c1-6(28-15(31)12-11(20)13(17(32)33)27-5-26-12)16-25-4-9(34-16)14(30)29-10-2-7(18(21,22)23)8(19)3-24-10/h2-6H,1H3,(H,28,31)(H,32,33)(H,24,29,30). The van der Waals surface area contributed by atoms with Crippen molar-refractivity contribution in [2.75, 3.05) is 5.32 Å². The number of carbonyl (C=O) groups is 3. The number of carbonyl (C=O) groups excluding carboxylic acids is 2. The molecule has 1 atom stereocenters. The summed E-state index contributed by atoms with van der Waals surface area (Å²) < 4.78 is 53.1. The Morgan fingerprint density at radius 3 is 2.41 bits per heavy atom. The zero-order chi connectivity index (χ0) is 25.2. The van der Waals surface area contributed by atoms with Gasteiger partial charge in [0.1, 0.15) is 22.0 Å². The molecular formula is C18H11ClF4N6O4S. The summed E-state index contributed by atoms with van der Waals surface area (Å²) >= 11 is 6.29. The summed E-state index contributed by atoms with van der Waals surface area (Å²) in [4.78, 5) is 49.9. The number of alkyl halides is 3. The Morgan fingerprint density at radius 2 is 1.76 bits per heavy atom. The Morgan fingerprint density at radius 1 is 1.09 bits per heavy atom. The smallest absolute Gasteiger partial charge is 0.418 e. The average molecular weight is 519 g/mol. The summed E-state index contributed by atoms with van der Waals surface area (Å²) in [5, 5.41) is 13.0. The van der Waals surface area contributed by atoms with Gasteiger partial charge in [-0.15, -0.1) is 11.3 Å².